The standard InChI is InChI=1S/C31H26ClF2N5O3S/c1-5-11-36-29(21-8-6-10-24(28(21)34)43(4,41)42)23(33)16-38-17(2)13-22(27(32)31(38)40)26-18(3)25(26)20-9-7-12-39-30(20)19(14-35)15-37-39/h5-13,15-16,18,25-26H,1-4H3/b11-5+,23-16-,36-29+. The van der Waals surface area contributed by atoms with E-state index in [-0.39, 0.29) is 28.3 Å². The first-order valence-corrected chi connectivity index (χ1v) is 15.5. The second-order valence-corrected chi connectivity index (χ2v) is 12.8. The molecule has 0 bridgehead atoms. The molecule has 0 amide bonds. The van der Waals surface area contributed by atoms with Crippen molar-refractivity contribution in [3.05, 3.63) is 116 Å². The van der Waals surface area contributed by atoms with E-state index < -0.39 is 37.6 Å². The lowest BCUT2D eigenvalue weighted by molar-refractivity contribution is 0.568. The summed E-state index contributed by atoms with van der Waals surface area (Å²) in [5, 5.41) is 13.7. The number of aryl methyl sites for hydroxylation is 1. The van der Waals surface area contributed by atoms with Gasteiger partial charge < -0.3 is 0 Å². The van der Waals surface area contributed by atoms with E-state index in [9.17, 15) is 18.5 Å². The Morgan fingerprint density at radius 1 is 1.21 bits per heavy atom. The Labute approximate surface area is 251 Å². The number of pyridine rings is 2. The second-order valence-electron chi connectivity index (χ2n) is 10.4. The Bertz CT molecular complexity index is 2090. The van der Waals surface area contributed by atoms with Crippen LogP contribution in [-0.2, 0) is 9.84 Å². The van der Waals surface area contributed by atoms with E-state index in [1.807, 2.05) is 19.1 Å². The Hall–Kier alpha value is -4.40. The molecule has 0 spiro atoms. The lowest BCUT2D eigenvalue weighted by atomic mass is 10.0. The van der Waals surface area contributed by atoms with Crippen molar-refractivity contribution in [2.24, 2.45) is 10.9 Å². The van der Waals surface area contributed by atoms with Crippen LogP contribution in [0.1, 0.15) is 53.6 Å². The van der Waals surface area contributed by atoms with Gasteiger partial charge in [0.25, 0.3) is 5.56 Å². The van der Waals surface area contributed by atoms with Gasteiger partial charge in [-0.25, -0.2) is 21.7 Å². The molecule has 4 aromatic rings. The van der Waals surface area contributed by atoms with Crippen LogP contribution in [0.2, 0.25) is 5.02 Å². The lowest BCUT2D eigenvalue weighted by Gasteiger charge is -2.13. The minimum atomic E-state index is -3.95. The smallest absolute Gasteiger partial charge is 0.273 e. The average molecular weight is 622 g/mol. The van der Waals surface area contributed by atoms with Gasteiger partial charge in [-0.05, 0) is 67.0 Å². The molecule has 0 aliphatic heterocycles. The van der Waals surface area contributed by atoms with E-state index in [1.165, 1.54) is 30.6 Å². The molecule has 1 aromatic carbocycles. The number of sulfone groups is 1. The first-order chi connectivity index (χ1) is 20.4. The molecule has 0 radical (unpaired) electrons. The first-order valence-electron chi connectivity index (χ1n) is 13.2. The number of aromatic nitrogens is 3. The number of rotatable bonds is 7. The van der Waals surface area contributed by atoms with Crippen molar-refractivity contribution >= 4 is 38.9 Å². The minimum absolute atomic E-state index is 0.0309. The van der Waals surface area contributed by atoms with Crippen LogP contribution in [0.25, 0.3) is 11.7 Å². The highest BCUT2D eigenvalue weighted by atomic mass is 35.5. The summed E-state index contributed by atoms with van der Waals surface area (Å²) in [7, 11) is -3.95. The Morgan fingerprint density at radius 2 is 1.93 bits per heavy atom. The Kier molecular flexibility index (Phi) is 7.94. The highest BCUT2D eigenvalue weighted by Crippen LogP contribution is 2.62. The molecule has 3 unspecified atom stereocenters. The zero-order valence-corrected chi connectivity index (χ0v) is 25.2. The summed E-state index contributed by atoms with van der Waals surface area (Å²) in [6.07, 6.45) is 7.71. The van der Waals surface area contributed by atoms with Gasteiger partial charge in [0.1, 0.15) is 21.7 Å². The van der Waals surface area contributed by atoms with Gasteiger partial charge in [-0.3, -0.25) is 14.4 Å². The van der Waals surface area contributed by atoms with Crippen molar-refractivity contribution in [1.82, 2.24) is 14.2 Å². The summed E-state index contributed by atoms with van der Waals surface area (Å²) >= 11 is 6.62. The van der Waals surface area contributed by atoms with Crippen molar-refractivity contribution in [1.29, 1.82) is 5.26 Å². The maximum atomic E-state index is 15.8. The van der Waals surface area contributed by atoms with Crippen molar-refractivity contribution in [3.8, 4) is 6.07 Å². The van der Waals surface area contributed by atoms with Crippen molar-refractivity contribution in [2.75, 3.05) is 6.26 Å². The van der Waals surface area contributed by atoms with Crippen LogP contribution in [-0.4, -0.2) is 34.6 Å². The van der Waals surface area contributed by atoms with Crippen molar-refractivity contribution in [3.63, 3.8) is 0 Å². The van der Waals surface area contributed by atoms with Gasteiger partial charge in [0, 0.05) is 29.9 Å². The fraction of sp³-hybridized carbons (Fsp3) is 0.226. The number of aliphatic imine (C=N–C) groups is 1. The topological polar surface area (TPSA) is 110 Å². The zero-order chi connectivity index (χ0) is 31.2. The van der Waals surface area contributed by atoms with E-state index in [4.69, 9.17) is 11.6 Å². The maximum Gasteiger partial charge on any atom is 0.273 e. The van der Waals surface area contributed by atoms with Gasteiger partial charge in [0.15, 0.2) is 21.5 Å². The van der Waals surface area contributed by atoms with Crippen LogP contribution in [0.15, 0.2) is 81.6 Å². The number of fused-ring (bicyclic) bond motifs is 1. The van der Waals surface area contributed by atoms with Crippen LogP contribution in [0, 0.1) is 30.0 Å². The molecule has 1 saturated carbocycles. The summed E-state index contributed by atoms with van der Waals surface area (Å²) in [6.45, 7) is 5.27. The van der Waals surface area contributed by atoms with Crippen LogP contribution < -0.4 is 5.56 Å². The van der Waals surface area contributed by atoms with Crippen molar-refractivity contribution < 1.29 is 17.2 Å². The normalized spacial score (nSPS) is 19.3. The zero-order valence-electron chi connectivity index (χ0n) is 23.6. The molecule has 1 aliphatic carbocycles. The quantitative estimate of drug-likeness (QED) is 0.229. The minimum Gasteiger partial charge on any atom is -0.284 e. The molecular weight excluding hydrogens is 596 g/mol. The molecule has 220 valence electrons. The molecule has 8 nitrogen and oxygen atoms in total. The number of hydrogen-bond donors (Lipinski definition) is 0. The van der Waals surface area contributed by atoms with E-state index in [1.54, 1.807) is 30.6 Å². The molecule has 1 aliphatic rings. The van der Waals surface area contributed by atoms with E-state index >= 15 is 8.78 Å². The van der Waals surface area contributed by atoms with E-state index in [0.717, 1.165) is 28.7 Å². The van der Waals surface area contributed by atoms with Crippen molar-refractivity contribution in [2.45, 2.75) is 37.5 Å². The molecule has 3 heterocycles. The molecule has 1 fully saturated rings. The number of allylic oxidation sites excluding steroid dienone is 2. The second kappa shape index (κ2) is 11.4. The predicted octanol–water partition coefficient (Wildman–Crippen LogP) is 6.18. The van der Waals surface area contributed by atoms with Gasteiger partial charge >= 0.3 is 0 Å². The fourth-order valence-corrected chi connectivity index (χ4v) is 6.58. The third-order valence-corrected chi connectivity index (χ3v) is 9.13. The SMILES string of the molecule is C/C=C/N=C(/C(F)=C/n1c(C)cc(C2C(C)C2c2cccn3ncc(C#N)c23)c(Cl)c1=O)c1cccc(S(C)(=O)=O)c1F. The number of nitrogens with zero attached hydrogens (tertiary/aromatic N) is 5. The molecule has 43 heavy (non-hydrogen) atoms. The summed E-state index contributed by atoms with van der Waals surface area (Å²) in [4.78, 5) is 16.9. The molecule has 12 heteroatoms. The van der Waals surface area contributed by atoms with Gasteiger partial charge in [-0.2, -0.15) is 10.4 Å². The van der Waals surface area contributed by atoms with Gasteiger partial charge in [-0.15, -0.1) is 0 Å². The highest BCUT2D eigenvalue weighted by Gasteiger charge is 2.50. The molecule has 3 atom stereocenters. The Morgan fingerprint density at radius 3 is 2.60 bits per heavy atom. The number of hydrogen-bond acceptors (Lipinski definition) is 6. The molecule has 5 rings (SSSR count). The summed E-state index contributed by atoms with van der Waals surface area (Å²) in [5.74, 6) is -2.30. The first kappa shape index (κ1) is 30.1. The lowest BCUT2D eigenvalue weighted by Crippen LogP contribution is -2.21. The van der Waals surface area contributed by atoms with Gasteiger partial charge in [0.05, 0.1) is 23.5 Å². The maximum absolute atomic E-state index is 15.8. The summed E-state index contributed by atoms with van der Waals surface area (Å²) < 4.78 is 57.9. The largest absolute Gasteiger partial charge is 0.284 e. The summed E-state index contributed by atoms with van der Waals surface area (Å²) in [6, 6.07) is 11.2. The predicted molar refractivity (Wildman–Crippen MR) is 161 cm³/mol. The molecule has 0 N–H and O–H groups in total. The van der Waals surface area contributed by atoms with Gasteiger partial charge in [0.2, 0.25) is 0 Å². The van der Waals surface area contributed by atoms with Crippen LogP contribution in [0.5, 0.6) is 0 Å². The third-order valence-electron chi connectivity index (χ3n) is 7.63. The van der Waals surface area contributed by atoms with Gasteiger partial charge in [-0.1, -0.05) is 36.7 Å². The highest BCUT2D eigenvalue weighted by molar-refractivity contribution is 7.90. The molecule has 0 saturated heterocycles. The average Bonchev–Trinajstić information content (AvgIpc) is 3.43. The van der Waals surface area contributed by atoms with Crippen LogP contribution in [0.3, 0.4) is 0 Å². The molecule has 3 aromatic heterocycles. The Balaban J connectivity index is 1.57. The number of benzene rings is 1. The monoisotopic (exact) mass is 621 g/mol. The van der Waals surface area contributed by atoms with E-state index in [0.29, 0.717) is 22.3 Å². The number of nitriles is 1. The van der Waals surface area contributed by atoms with Crippen LogP contribution >= 0.6 is 11.6 Å². The fourth-order valence-electron chi connectivity index (χ4n) is 5.55. The third kappa shape index (κ3) is 5.32. The molecular formula is C31H26ClF2N5O3S. The van der Waals surface area contributed by atoms with Crippen LogP contribution in [0.4, 0.5) is 8.78 Å². The summed E-state index contributed by atoms with van der Waals surface area (Å²) in [5.41, 5.74) is 1.47. The number of halogens is 3. The van der Waals surface area contributed by atoms with E-state index in [2.05, 4.69) is 16.2 Å².